The largest absolute Gasteiger partial charge is 0.493 e. The molecule has 0 atom stereocenters. The number of hydrogen-bond donors (Lipinski definition) is 1. The Morgan fingerprint density at radius 3 is 2.58 bits per heavy atom. The highest BCUT2D eigenvalue weighted by atomic mass is 35.5. The molecule has 1 heterocycles. The summed E-state index contributed by atoms with van der Waals surface area (Å²) in [5.74, 6) is -0.736. The zero-order valence-electron chi connectivity index (χ0n) is 17.7. The van der Waals surface area contributed by atoms with Gasteiger partial charge in [0.2, 0.25) is 0 Å². The number of methoxy groups -OCH3 is 1. The van der Waals surface area contributed by atoms with Gasteiger partial charge in [-0.2, -0.15) is 0 Å². The Morgan fingerprint density at radius 2 is 1.90 bits per heavy atom. The van der Waals surface area contributed by atoms with Crippen LogP contribution in [0.3, 0.4) is 0 Å². The highest BCUT2D eigenvalue weighted by molar-refractivity contribution is 6.39. The maximum absolute atomic E-state index is 13.1. The Kier molecular flexibility index (Phi) is 6.65. The average Bonchev–Trinajstić information content (AvgIpc) is 2.73. The summed E-state index contributed by atoms with van der Waals surface area (Å²) in [5, 5.41) is 2.51. The van der Waals surface area contributed by atoms with Crippen LogP contribution in [0.4, 0.5) is 10.5 Å². The molecule has 0 saturated carbocycles. The number of urea groups is 1. The normalized spacial score (nSPS) is 15.3. The van der Waals surface area contributed by atoms with Crippen LogP contribution >= 0.6 is 11.6 Å². The number of anilines is 1. The molecule has 7 nitrogen and oxygen atoms in total. The summed E-state index contributed by atoms with van der Waals surface area (Å²) >= 11 is 6.34. The fourth-order valence-electron chi connectivity index (χ4n) is 3.19. The van der Waals surface area contributed by atoms with Gasteiger partial charge < -0.3 is 9.47 Å². The molecular formula is C23H23ClN2O5. The van der Waals surface area contributed by atoms with E-state index in [1.807, 2.05) is 26.8 Å². The van der Waals surface area contributed by atoms with Crippen molar-refractivity contribution in [2.75, 3.05) is 18.6 Å². The predicted molar refractivity (Wildman–Crippen MR) is 119 cm³/mol. The number of barbiturate groups is 1. The fourth-order valence-corrected chi connectivity index (χ4v) is 3.46. The van der Waals surface area contributed by atoms with E-state index in [0.717, 1.165) is 22.4 Å². The molecule has 1 saturated heterocycles. The third-order valence-corrected chi connectivity index (χ3v) is 5.21. The third kappa shape index (κ3) is 4.41. The first-order chi connectivity index (χ1) is 14.8. The number of carbonyl (C=O) groups is 3. The molecule has 2 aromatic carbocycles. The second-order valence-corrected chi connectivity index (χ2v) is 7.47. The molecule has 1 aliphatic rings. The summed E-state index contributed by atoms with van der Waals surface area (Å²) in [6.45, 7) is 6.12. The number of hydrogen-bond acceptors (Lipinski definition) is 5. The summed E-state index contributed by atoms with van der Waals surface area (Å²) in [4.78, 5) is 39.0. The molecule has 0 radical (unpaired) electrons. The molecule has 31 heavy (non-hydrogen) atoms. The minimum Gasteiger partial charge on any atom is -0.493 e. The van der Waals surface area contributed by atoms with E-state index < -0.39 is 17.8 Å². The smallest absolute Gasteiger partial charge is 0.335 e. The lowest BCUT2D eigenvalue weighted by Gasteiger charge is -2.28. The molecule has 2 aromatic rings. The van der Waals surface area contributed by atoms with Crippen molar-refractivity contribution in [1.29, 1.82) is 0 Å². The van der Waals surface area contributed by atoms with E-state index >= 15 is 0 Å². The first-order valence-corrected chi connectivity index (χ1v) is 10.1. The number of rotatable bonds is 6. The minimum atomic E-state index is -0.792. The number of nitrogens with zero attached hydrogens (tertiary/aromatic N) is 1. The van der Waals surface area contributed by atoms with Crippen molar-refractivity contribution in [2.24, 2.45) is 0 Å². The van der Waals surface area contributed by atoms with Crippen LogP contribution in [0.5, 0.6) is 11.5 Å². The van der Waals surface area contributed by atoms with Gasteiger partial charge in [0.1, 0.15) is 5.57 Å². The van der Waals surface area contributed by atoms with Gasteiger partial charge in [0.05, 0.1) is 24.4 Å². The number of nitrogens with one attached hydrogen (secondary N) is 1. The van der Waals surface area contributed by atoms with Crippen molar-refractivity contribution < 1.29 is 23.9 Å². The molecule has 8 heteroatoms. The molecule has 1 fully saturated rings. The lowest BCUT2D eigenvalue weighted by atomic mass is 10.0. The van der Waals surface area contributed by atoms with E-state index in [2.05, 4.69) is 5.32 Å². The molecule has 1 aliphatic heterocycles. The topological polar surface area (TPSA) is 84.9 Å². The number of imide groups is 2. The molecule has 0 unspecified atom stereocenters. The number of amides is 4. The quantitative estimate of drug-likeness (QED) is 0.528. The highest BCUT2D eigenvalue weighted by Gasteiger charge is 2.37. The summed E-state index contributed by atoms with van der Waals surface area (Å²) in [6.07, 6.45) is 2.17. The van der Waals surface area contributed by atoms with Gasteiger partial charge in [-0.3, -0.25) is 14.9 Å². The summed E-state index contributed by atoms with van der Waals surface area (Å²) < 4.78 is 11.0. The Bertz CT molecular complexity index is 1090. The molecule has 162 valence electrons. The average molecular weight is 443 g/mol. The van der Waals surface area contributed by atoms with Crippen LogP contribution < -0.4 is 19.7 Å². The first kappa shape index (κ1) is 22.4. The van der Waals surface area contributed by atoms with E-state index in [0.29, 0.717) is 29.4 Å². The Morgan fingerprint density at radius 1 is 1.16 bits per heavy atom. The van der Waals surface area contributed by atoms with Crippen LogP contribution in [0.15, 0.2) is 35.9 Å². The zero-order chi connectivity index (χ0) is 22.7. The lowest BCUT2D eigenvalue weighted by Crippen LogP contribution is -2.54. The summed E-state index contributed by atoms with van der Waals surface area (Å²) in [6, 6.07) is 7.68. The van der Waals surface area contributed by atoms with Crippen molar-refractivity contribution in [3.05, 3.63) is 57.6 Å². The van der Waals surface area contributed by atoms with E-state index in [4.69, 9.17) is 21.1 Å². The number of benzene rings is 2. The molecule has 0 bridgehead atoms. The maximum Gasteiger partial charge on any atom is 0.335 e. The summed E-state index contributed by atoms with van der Waals surface area (Å²) in [5.41, 5.74) is 2.36. The molecule has 1 N–H and O–H groups in total. The third-order valence-electron chi connectivity index (χ3n) is 4.93. The van der Waals surface area contributed by atoms with Gasteiger partial charge in [0.25, 0.3) is 11.8 Å². The van der Waals surface area contributed by atoms with E-state index in [9.17, 15) is 14.4 Å². The first-order valence-electron chi connectivity index (χ1n) is 9.76. The van der Waals surface area contributed by atoms with Gasteiger partial charge in [0.15, 0.2) is 11.5 Å². The van der Waals surface area contributed by atoms with Gasteiger partial charge >= 0.3 is 6.03 Å². The Labute approximate surface area is 185 Å². The second kappa shape index (κ2) is 9.22. The van der Waals surface area contributed by atoms with E-state index in [1.54, 1.807) is 24.3 Å². The zero-order valence-corrected chi connectivity index (χ0v) is 18.5. The van der Waals surface area contributed by atoms with Crippen molar-refractivity contribution in [2.45, 2.75) is 27.2 Å². The lowest BCUT2D eigenvalue weighted by molar-refractivity contribution is -0.122. The second-order valence-electron chi connectivity index (χ2n) is 7.06. The SMILES string of the molecule is CCCOc1c(Cl)cc(/C=C2\C(=O)NC(=O)N(c3cccc(C)c3C)C2=O)cc1OC. The van der Waals surface area contributed by atoms with Crippen LogP contribution in [0, 0.1) is 13.8 Å². The highest BCUT2D eigenvalue weighted by Crippen LogP contribution is 2.37. The predicted octanol–water partition coefficient (Wildman–Crippen LogP) is 4.42. The van der Waals surface area contributed by atoms with Gasteiger partial charge in [-0.05, 0) is 61.2 Å². The molecule has 4 amide bonds. The molecular weight excluding hydrogens is 420 g/mol. The van der Waals surface area contributed by atoms with E-state index in [-0.39, 0.29) is 10.6 Å². The Hall–Kier alpha value is -3.32. The van der Waals surface area contributed by atoms with Gasteiger partial charge in [-0.25, -0.2) is 9.69 Å². The van der Waals surface area contributed by atoms with Crippen molar-refractivity contribution >= 4 is 41.2 Å². The van der Waals surface area contributed by atoms with Gasteiger partial charge in [-0.1, -0.05) is 30.7 Å². The van der Waals surface area contributed by atoms with Crippen LogP contribution in [-0.4, -0.2) is 31.6 Å². The molecule has 3 rings (SSSR count). The number of halogens is 1. The van der Waals surface area contributed by atoms with Crippen LogP contribution in [-0.2, 0) is 9.59 Å². The maximum atomic E-state index is 13.1. The van der Waals surface area contributed by atoms with Crippen molar-refractivity contribution in [3.8, 4) is 11.5 Å². The minimum absolute atomic E-state index is 0.194. The fraction of sp³-hybridized carbons (Fsp3) is 0.261. The van der Waals surface area contributed by atoms with Gasteiger partial charge in [-0.15, -0.1) is 0 Å². The molecule has 0 aliphatic carbocycles. The monoisotopic (exact) mass is 442 g/mol. The van der Waals surface area contributed by atoms with E-state index in [1.165, 1.54) is 13.2 Å². The van der Waals surface area contributed by atoms with Crippen LogP contribution in [0.25, 0.3) is 6.08 Å². The summed E-state index contributed by atoms with van der Waals surface area (Å²) in [7, 11) is 1.47. The molecule has 0 spiro atoms. The van der Waals surface area contributed by atoms with Crippen molar-refractivity contribution in [3.63, 3.8) is 0 Å². The standard InChI is InChI=1S/C23H23ClN2O5/c1-5-9-31-20-17(24)11-15(12-19(20)30-4)10-16-21(27)25-23(29)26(22(16)28)18-8-6-7-13(2)14(18)3/h6-8,10-12H,5,9H2,1-4H3,(H,25,27,29)/b16-10+. The van der Waals surface area contributed by atoms with Gasteiger partial charge in [0, 0.05) is 0 Å². The number of carbonyl (C=O) groups excluding carboxylic acids is 3. The molecule has 0 aromatic heterocycles. The van der Waals surface area contributed by atoms with Crippen molar-refractivity contribution in [1.82, 2.24) is 5.32 Å². The number of ether oxygens (including phenoxy) is 2. The number of aryl methyl sites for hydroxylation is 1. The van der Waals surface area contributed by atoms with Crippen LogP contribution in [0.2, 0.25) is 5.02 Å². The Balaban J connectivity index is 2.04. The van der Waals surface area contributed by atoms with Crippen LogP contribution in [0.1, 0.15) is 30.0 Å².